The van der Waals surface area contributed by atoms with E-state index in [0.29, 0.717) is 28.3 Å². The fraction of sp³-hybridized carbons (Fsp3) is 0.292. The lowest BCUT2D eigenvalue weighted by molar-refractivity contribution is 0.408. The maximum absolute atomic E-state index is 10.8. The number of phenols is 2. The van der Waals surface area contributed by atoms with Crippen LogP contribution in [-0.2, 0) is 0 Å². The van der Waals surface area contributed by atoms with Gasteiger partial charge >= 0.3 is 0 Å². The zero-order chi connectivity index (χ0) is 23.6. The summed E-state index contributed by atoms with van der Waals surface area (Å²) in [5, 5.41) is 24.3. The summed E-state index contributed by atoms with van der Waals surface area (Å²) >= 11 is 4.92. The van der Waals surface area contributed by atoms with Crippen LogP contribution in [0.4, 0.5) is 5.95 Å². The average molecular weight is 453 g/mol. The molecule has 7 nitrogen and oxygen atoms in total. The van der Waals surface area contributed by atoms with Crippen LogP contribution in [0.2, 0.25) is 0 Å². The van der Waals surface area contributed by atoms with E-state index in [0.717, 1.165) is 16.7 Å². The van der Waals surface area contributed by atoms with Gasteiger partial charge in [0.2, 0.25) is 5.95 Å². The highest BCUT2D eigenvalue weighted by atomic mass is 32.1. The van der Waals surface area contributed by atoms with Crippen LogP contribution in [0.1, 0.15) is 50.7 Å². The monoisotopic (exact) mass is 452 g/mol. The largest absolute Gasteiger partial charge is 0.507 e. The molecule has 1 heterocycles. The first kappa shape index (κ1) is 23.3. The zero-order valence-corrected chi connectivity index (χ0v) is 19.6. The SMILES string of the molecule is COc1ccc(-c2nc(NC(N)=S)ncc2-c2cc(C(C)C)c(O)c(C(C)C)c2)c(O)c1. The predicted octanol–water partition coefficient (Wildman–Crippen LogP) is 5.13. The lowest BCUT2D eigenvalue weighted by atomic mass is 9.89. The minimum Gasteiger partial charge on any atom is -0.507 e. The van der Waals surface area contributed by atoms with E-state index in [1.54, 1.807) is 18.3 Å². The molecular weight excluding hydrogens is 424 g/mol. The molecule has 0 amide bonds. The molecule has 32 heavy (non-hydrogen) atoms. The lowest BCUT2D eigenvalue weighted by Crippen LogP contribution is -2.20. The predicted molar refractivity (Wildman–Crippen MR) is 131 cm³/mol. The number of benzene rings is 2. The first-order valence-electron chi connectivity index (χ1n) is 10.3. The zero-order valence-electron chi connectivity index (χ0n) is 18.8. The number of anilines is 1. The van der Waals surface area contributed by atoms with Crippen molar-refractivity contribution in [2.24, 2.45) is 5.73 Å². The molecule has 168 valence electrons. The van der Waals surface area contributed by atoms with Crippen molar-refractivity contribution < 1.29 is 14.9 Å². The van der Waals surface area contributed by atoms with E-state index in [4.69, 9.17) is 22.7 Å². The van der Waals surface area contributed by atoms with Gasteiger partial charge in [-0.3, -0.25) is 0 Å². The number of thiocarbonyl (C=S) groups is 1. The van der Waals surface area contributed by atoms with Gasteiger partial charge in [-0.2, -0.15) is 0 Å². The van der Waals surface area contributed by atoms with Gasteiger partial charge < -0.3 is 26.0 Å². The highest BCUT2D eigenvalue weighted by Gasteiger charge is 2.20. The number of aromatic hydroxyl groups is 2. The van der Waals surface area contributed by atoms with Crippen molar-refractivity contribution in [2.45, 2.75) is 39.5 Å². The second-order valence-electron chi connectivity index (χ2n) is 8.14. The molecule has 0 spiro atoms. The minimum atomic E-state index is 0.0116. The molecule has 1 aromatic heterocycles. The van der Waals surface area contributed by atoms with E-state index in [1.165, 1.54) is 13.2 Å². The first-order valence-corrected chi connectivity index (χ1v) is 10.7. The van der Waals surface area contributed by atoms with E-state index in [2.05, 4.69) is 15.3 Å². The Labute approximate surface area is 193 Å². The second kappa shape index (κ2) is 9.40. The molecule has 0 atom stereocenters. The third-order valence-corrected chi connectivity index (χ3v) is 5.31. The van der Waals surface area contributed by atoms with E-state index in [1.807, 2.05) is 39.8 Å². The fourth-order valence-electron chi connectivity index (χ4n) is 3.52. The summed E-state index contributed by atoms with van der Waals surface area (Å²) in [4.78, 5) is 8.95. The number of hydrogen-bond donors (Lipinski definition) is 4. The molecule has 0 saturated heterocycles. The number of nitrogens with one attached hydrogen (secondary N) is 1. The van der Waals surface area contributed by atoms with Gasteiger partial charge in [0.05, 0.1) is 12.8 Å². The molecule has 8 heteroatoms. The Morgan fingerprint density at radius 1 is 1.03 bits per heavy atom. The summed E-state index contributed by atoms with van der Waals surface area (Å²) in [7, 11) is 1.53. The molecule has 0 unspecified atom stereocenters. The molecule has 2 aromatic carbocycles. The summed E-state index contributed by atoms with van der Waals surface area (Å²) in [5.74, 6) is 1.29. The molecule has 0 radical (unpaired) electrons. The minimum absolute atomic E-state index is 0.0116. The van der Waals surface area contributed by atoms with Crippen molar-refractivity contribution in [3.8, 4) is 39.6 Å². The fourth-order valence-corrected chi connectivity index (χ4v) is 3.61. The Morgan fingerprint density at radius 3 is 2.16 bits per heavy atom. The third-order valence-electron chi connectivity index (χ3n) is 5.21. The molecule has 0 saturated carbocycles. The van der Waals surface area contributed by atoms with E-state index in [-0.39, 0.29) is 28.6 Å². The number of nitrogens with zero attached hydrogens (tertiary/aromatic N) is 2. The number of rotatable bonds is 6. The highest BCUT2D eigenvalue weighted by molar-refractivity contribution is 7.80. The Hall–Kier alpha value is -3.39. The van der Waals surface area contributed by atoms with Gasteiger partial charge in [0.25, 0.3) is 0 Å². The maximum atomic E-state index is 10.8. The van der Waals surface area contributed by atoms with Crippen molar-refractivity contribution in [3.63, 3.8) is 0 Å². The van der Waals surface area contributed by atoms with Gasteiger partial charge in [-0.15, -0.1) is 0 Å². The van der Waals surface area contributed by atoms with Crippen LogP contribution in [0.5, 0.6) is 17.2 Å². The van der Waals surface area contributed by atoms with Crippen LogP contribution < -0.4 is 15.8 Å². The standard InChI is InChI=1S/C24H28N4O3S/c1-12(2)17-8-14(9-18(13(3)4)22(17)30)19-11-26-24(28-23(25)32)27-21(19)16-7-6-15(31-5)10-20(16)29/h6-13,29-30H,1-5H3,(H3,25,26,27,28,32). The molecular formula is C24H28N4O3S. The average Bonchev–Trinajstić information content (AvgIpc) is 2.73. The maximum Gasteiger partial charge on any atom is 0.229 e. The molecule has 0 fully saturated rings. The summed E-state index contributed by atoms with van der Waals surface area (Å²) in [6.45, 7) is 8.13. The normalized spacial score (nSPS) is 11.1. The molecule has 5 N–H and O–H groups in total. The Kier molecular flexibility index (Phi) is 6.84. The van der Waals surface area contributed by atoms with Crippen LogP contribution in [0.15, 0.2) is 36.5 Å². The Morgan fingerprint density at radius 2 is 1.66 bits per heavy atom. The summed E-state index contributed by atoms with van der Waals surface area (Å²) in [6.07, 6.45) is 1.66. The second-order valence-corrected chi connectivity index (χ2v) is 8.58. The Balaban J connectivity index is 2.30. The van der Waals surface area contributed by atoms with Gasteiger partial charge in [-0.05, 0) is 65.0 Å². The van der Waals surface area contributed by atoms with E-state index >= 15 is 0 Å². The van der Waals surface area contributed by atoms with Gasteiger partial charge in [0, 0.05) is 23.4 Å². The topological polar surface area (TPSA) is 114 Å². The van der Waals surface area contributed by atoms with Gasteiger partial charge in [-0.1, -0.05) is 27.7 Å². The quantitative estimate of drug-likeness (QED) is 0.381. The number of aromatic nitrogens is 2. The van der Waals surface area contributed by atoms with Crippen molar-refractivity contribution in [3.05, 3.63) is 47.7 Å². The van der Waals surface area contributed by atoms with Crippen LogP contribution in [0, 0.1) is 0 Å². The van der Waals surface area contributed by atoms with Crippen LogP contribution in [0.25, 0.3) is 22.4 Å². The van der Waals surface area contributed by atoms with Crippen molar-refractivity contribution in [1.29, 1.82) is 0 Å². The van der Waals surface area contributed by atoms with Crippen LogP contribution in [-0.4, -0.2) is 32.4 Å². The third kappa shape index (κ3) is 4.75. The summed E-state index contributed by atoms with van der Waals surface area (Å²) in [5.41, 5.74) is 9.80. The van der Waals surface area contributed by atoms with Crippen LogP contribution >= 0.6 is 12.2 Å². The van der Waals surface area contributed by atoms with E-state index in [9.17, 15) is 10.2 Å². The molecule has 0 bridgehead atoms. The van der Waals surface area contributed by atoms with E-state index < -0.39 is 0 Å². The van der Waals surface area contributed by atoms with Gasteiger partial charge in [0.15, 0.2) is 5.11 Å². The van der Waals surface area contributed by atoms with Crippen molar-refractivity contribution >= 4 is 23.3 Å². The van der Waals surface area contributed by atoms with Gasteiger partial charge in [0.1, 0.15) is 17.2 Å². The van der Waals surface area contributed by atoms with Crippen LogP contribution in [0.3, 0.4) is 0 Å². The molecule has 0 aliphatic rings. The smallest absolute Gasteiger partial charge is 0.229 e. The molecule has 0 aliphatic heterocycles. The van der Waals surface area contributed by atoms with Gasteiger partial charge in [-0.25, -0.2) is 9.97 Å². The number of ether oxygens (including phenoxy) is 1. The summed E-state index contributed by atoms with van der Waals surface area (Å²) < 4.78 is 5.21. The molecule has 0 aliphatic carbocycles. The number of hydrogen-bond acceptors (Lipinski definition) is 6. The molecule has 3 aromatic rings. The highest BCUT2D eigenvalue weighted by Crippen LogP contribution is 2.42. The summed E-state index contributed by atoms with van der Waals surface area (Å²) in [6, 6.07) is 8.89. The number of phenolic OH excluding ortho intramolecular Hbond substituents is 2. The van der Waals surface area contributed by atoms with Crippen molar-refractivity contribution in [2.75, 3.05) is 12.4 Å². The lowest BCUT2D eigenvalue weighted by Gasteiger charge is -2.19. The first-order chi connectivity index (χ1) is 15.1. The number of methoxy groups -OCH3 is 1. The Bertz CT molecular complexity index is 1130. The van der Waals surface area contributed by atoms with Crippen molar-refractivity contribution in [1.82, 2.24) is 9.97 Å². The number of nitrogens with two attached hydrogens (primary N) is 1. The molecule has 3 rings (SSSR count).